The Balaban J connectivity index is 0.00000172. The van der Waals surface area contributed by atoms with Crippen molar-refractivity contribution in [3.8, 4) is 0 Å². The van der Waals surface area contributed by atoms with Crippen LogP contribution in [0.5, 0.6) is 0 Å². The van der Waals surface area contributed by atoms with Gasteiger partial charge in [-0.15, -0.1) is 0 Å². The van der Waals surface area contributed by atoms with Gasteiger partial charge in [0, 0.05) is 17.7 Å². The van der Waals surface area contributed by atoms with Gasteiger partial charge in [-0.3, -0.25) is 0 Å². The average molecular weight is 278 g/mol. The smallest absolute Gasteiger partial charge is 0.328 e. The molecule has 112 valence electrons. The van der Waals surface area contributed by atoms with Crippen LogP contribution in [0.15, 0.2) is 47.3 Å². The minimum atomic E-state index is -1.04. The van der Waals surface area contributed by atoms with E-state index in [1.807, 2.05) is 13.8 Å². The highest BCUT2D eigenvalue weighted by Crippen LogP contribution is 2.36. The van der Waals surface area contributed by atoms with Gasteiger partial charge in [-0.25, -0.2) is 4.79 Å². The summed E-state index contributed by atoms with van der Waals surface area (Å²) >= 11 is 0. The highest BCUT2D eigenvalue weighted by molar-refractivity contribution is 5.81. The second-order valence-corrected chi connectivity index (χ2v) is 4.64. The van der Waals surface area contributed by atoms with Gasteiger partial charge in [-0.05, 0) is 31.8 Å². The maximum Gasteiger partial charge on any atom is 0.328 e. The molecule has 0 aromatic carbocycles. The van der Waals surface area contributed by atoms with Crippen molar-refractivity contribution in [1.82, 2.24) is 0 Å². The Kier molecular flexibility index (Phi) is 7.44. The van der Waals surface area contributed by atoms with E-state index in [4.69, 9.17) is 16.6 Å². The Morgan fingerprint density at radius 3 is 2.10 bits per heavy atom. The number of carboxylic acids is 1. The second kappa shape index (κ2) is 8.25. The van der Waals surface area contributed by atoms with Crippen molar-refractivity contribution < 1.29 is 9.90 Å². The number of hydrogen-bond acceptors (Lipinski definition) is 3. The first-order valence-corrected chi connectivity index (χ1v) is 6.86. The molecule has 20 heavy (non-hydrogen) atoms. The summed E-state index contributed by atoms with van der Waals surface area (Å²) in [5.41, 5.74) is 15.2. The first-order valence-electron chi connectivity index (χ1n) is 6.86. The summed E-state index contributed by atoms with van der Waals surface area (Å²) in [6, 6.07) is 0. The molecule has 1 aliphatic carbocycles. The lowest BCUT2D eigenvalue weighted by Gasteiger charge is -2.28. The van der Waals surface area contributed by atoms with Crippen LogP contribution in [-0.2, 0) is 4.79 Å². The van der Waals surface area contributed by atoms with E-state index in [9.17, 15) is 4.79 Å². The fourth-order valence-electron chi connectivity index (χ4n) is 2.21. The van der Waals surface area contributed by atoms with Crippen LogP contribution < -0.4 is 11.5 Å². The molecule has 1 aliphatic rings. The molecule has 4 nitrogen and oxygen atoms in total. The molecule has 5 N–H and O–H groups in total. The number of carboxylic acid groups (broad SMARTS) is 1. The van der Waals surface area contributed by atoms with Gasteiger partial charge < -0.3 is 16.6 Å². The Labute approximate surface area is 121 Å². The molecule has 1 fully saturated rings. The summed E-state index contributed by atoms with van der Waals surface area (Å²) < 4.78 is 0. The fourth-order valence-corrected chi connectivity index (χ4v) is 2.21. The molecule has 0 amide bonds. The van der Waals surface area contributed by atoms with Crippen molar-refractivity contribution in [1.29, 1.82) is 0 Å². The number of carbonyl (C=O) groups is 1. The van der Waals surface area contributed by atoms with Crippen LogP contribution in [0.3, 0.4) is 0 Å². The predicted molar refractivity (Wildman–Crippen MR) is 83.8 cm³/mol. The third-order valence-electron chi connectivity index (χ3n) is 3.20. The van der Waals surface area contributed by atoms with Gasteiger partial charge in [0.25, 0.3) is 0 Å². The van der Waals surface area contributed by atoms with E-state index in [0.29, 0.717) is 17.0 Å². The highest BCUT2D eigenvalue weighted by atomic mass is 16.4. The summed E-state index contributed by atoms with van der Waals surface area (Å²) in [7, 11) is 0. The van der Waals surface area contributed by atoms with E-state index in [1.54, 1.807) is 6.92 Å². The standard InChI is InChI=1S/C14H20N2O2.C2H6/c1-8-5-4-6-9(2)12(8)14(16)13(15)10(3)7-11(17)18;1-2/h7,12H,1-2,4-6,15-16H2,3H3,(H,17,18);1-2H3/b10-7+,14-13+;. The lowest BCUT2D eigenvalue weighted by Crippen LogP contribution is -2.24. The second-order valence-electron chi connectivity index (χ2n) is 4.64. The van der Waals surface area contributed by atoms with Gasteiger partial charge >= 0.3 is 5.97 Å². The van der Waals surface area contributed by atoms with Crippen molar-refractivity contribution in [2.75, 3.05) is 0 Å². The molecule has 4 heteroatoms. The third kappa shape index (κ3) is 4.61. The molecule has 0 saturated heterocycles. The average Bonchev–Trinajstić information content (AvgIpc) is 2.39. The number of aliphatic carboxylic acids is 1. The van der Waals surface area contributed by atoms with Crippen LogP contribution in [0.25, 0.3) is 0 Å². The molecule has 0 radical (unpaired) electrons. The van der Waals surface area contributed by atoms with Crippen LogP contribution in [0.4, 0.5) is 0 Å². The topological polar surface area (TPSA) is 89.3 Å². The molecule has 1 rings (SSSR count). The first kappa shape index (κ1) is 18.0. The molecule has 0 aromatic rings. The normalized spacial score (nSPS) is 18.1. The number of hydrogen-bond donors (Lipinski definition) is 3. The Bertz CT molecular complexity index is 443. The van der Waals surface area contributed by atoms with Crippen molar-refractivity contribution in [2.24, 2.45) is 17.4 Å². The molecule has 0 aliphatic heterocycles. The monoisotopic (exact) mass is 278 g/mol. The largest absolute Gasteiger partial charge is 0.478 e. The van der Waals surface area contributed by atoms with Crippen LogP contribution in [-0.4, -0.2) is 11.1 Å². The zero-order valence-corrected chi connectivity index (χ0v) is 12.7. The summed E-state index contributed by atoms with van der Waals surface area (Å²) in [5.74, 6) is -1.17. The molecule has 0 atom stereocenters. The Hall–Kier alpha value is -1.97. The lowest BCUT2D eigenvalue weighted by atomic mass is 9.79. The van der Waals surface area contributed by atoms with Gasteiger partial charge in [0.15, 0.2) is 0 Å². The van der Waals surface area contributed by atoms with Gasteiger partial charge in [0.05, 0.1) is 5.70 Å². The molecule has 0 spiro atoms. The molecular formula is C16H26N2O2. The van der Waals surface area contributed by atoms with E-state index >= 15 is 0 Å². The van der Waals surface area contributed by atoms with E-state index in [-0.39, 0.29) is 5.92 Å². The minimum Gasteiger partial charge on any atom is -0.478 e. The van der Waals surface area contributed by atoms with Crippen molar-refractivity contribution in [2.45, 2.75) is 40.0 Å². The van der Waals surface area contributed by atoms with Crippen LogP contribution in [0, 0.1) is 5.92 Å². The summed E-state index contributed by atoms with van der Waals surface area (Å²) in [6.07, 6.45) is 3.89. The summed E-state index contributed by atoms with van der Waals surface area (Å²) in [6.45, 7) is 13.6. The summed E-state index contributed by atoms with van der Waals surface area (Å²) in [5, 5.41) is 8.70. The summed E-state index contributed by atoms with van der Waals surface area (Å²) in [4.78, 5) is 10.6. The number of allylic oxidation sites excluding steroid dienone is 2. The van der Waals surface area contributed by atoms with Crippen LogP contribution in [0.2, 0.25) is 0 Å². The van der Waals surface area contributed by atoms with Crippen molar-refractivity contribution in [3.05, 3.63) is 47.3 Å². The van der Waals surface area contributed by atoms with E-state index < -0.39 is 5.97 Å². The molecular weight excluding hydrogens is 252 g/mol. The van der Waals surface area contributed by atoms with E-state index in [0.717, 1.165) is 36.5 Å². The first-order chi connectivity index (χ1) is 9.34. The molecule has 0 bridgehead atoms. The van der Waals surface area contributed by atoms with E-state index in [2.05, 4.69) is 13.2 Å². The highest BCUT2D eigenvalue weighted by Gasteiger charge is 2.24. The Morgan fingerprint density at radius 1 is 1.25 bits per heavy atom. The lowest BCUT2D eigenvalue weighted by molar-refractivity contribution is -0.131. The SMILES string of the molecule is C=C1CCCC(=C)C1/C(N)=C(N)/C(C)=C/C(=O)O.CC. The van der Waals surface area contributed by atoms with E-state index in [1.165, 1.54) is 0 Å². The zero-order valence-electron chi connectivity index (χ0n) is 12.7. The molecule has 0 heterocycles. The minimum absolute atomic E-state index is 0.129. The fraction of sp³-hybridized carbons (Fsp3) is 0.438. The van der Waals surface area contributed by atoms with Gasteiger partial charge in [0.2, 0.25) is 0 Å². The maximum atomic E-state index is 10.6. The number of rotatable bonds is 3. The third-order valence-corrected chi connectivity index (χ3v) is 3.20. The zero-order chi connectivity index (χ0) is 15.9. The quantitative estimate of drug-likeness (QED) is 0.420. The predicted octanol–water partition coefficient (Wildman–Crippen LogP) is 3.09. The van der Waals surface area contributed by atoms with Gasteiger partial charge in [0.1, 0.15) is 0 Å². The molecule has 1 saturated carbocycles. The Morgan fingerprint density at radius 2 is 1.70 bits per heavy atom. The van der Waals surface area contributed by atoms with Crippen LogP contribution >= 0.6 is 0 Å². The molecule has 0 aromatic heterocycles. The van der Waals surface area contributed by atoms with Gasteiger partial charge in [-0.2, -0.15) is 0 Å². The maximum absolute atomic E-state index is 10.6. The molecule has 0 unspecified atom stereocenters. The van der Waals surface area contributed by atoms with Crippen LogP contribution in [0.1, 0.15) is 40.0 Å². The number of nitrogens with two attached hydrogens (primary N) is 2. The van der Waals surface area contributed by atoms with Gasteiger partial charge in [-0.1, -0.05) is 38.2 Å². The van der Waals surface area contributed by atoms with Crippen molar-refractivity contribution >= 4 is 5.97 Å². The van der Waals surface area contributed by atoms with Crippen molar-refractivity contribution in [3.63, 3.8) is 0 Å².